The third kappa shape index (κ3) is 4.30. The third-order valence-corrected chi connectivity index (χ3v) is 5.38. The lowest BCUT2D eigenvalue weighted by molar-refractivity contribution is -0.181. The van der Waals surface area contributed by atoms with Crippen molar-refractivity contribution in [2.45, 2.75) is 38.4 Å². The lowest BCUT2D eigenvalue weighted by Crippen LogP contribution is -2.37. The summed E-state index contributed by atoms with van der Waals surface area (Å²) in [5.74, 6) is -0.308. The lowest BCUT2D eigenvalue weighted by atomic mass is 9.87. The SMILES string of the molecule is CN=Cc1c([C@@H](C)NC(=O)c2ccc3nc(C(C)(C)C(F)(F)F)ccc3c2)cnn1C. The Morgan fingerprint density at radius 3 is 2.58 bits per heavy atom. The number of nitrogens with zero attached hydrogens (tertiary/aromatic N) is 4. The number of nitrogens with one attached hydrogen (secondary N) is 1. The van der Waals surface area contributed by atoms with Gasteiger partial charge in [0.1, 0.15) is 5.41 Å². The Kier molecular flexibility index (Phi) is 5.89. The smallest absolute Gasteiger partial charge is 0.345 e. The van der Waals surface area contributed by atoms with Gasteiger partial charge in [-0.05, 0) is 45.0 Å². The highest BCUT2D eigenvalue weighted by Gasteiger charge is 2.49. The van der Waals surface area contributed by atoms with Crippen molar-refractivity contribution in [1.82, 2.24) is 20.1 Å². The monoisotopic (exact) mass is 431 g/mol. The van der Waals surface area contributed by atoms with Crippen LogP contribution in [0.3, 0.4) is 0 Å². The predicted molar refractivity (Wildman–Crippen MR) is 113 cm³/mol. The molecule has 0 bridgehead atoms. The summed E-state index contributed by atoms with van der Waals surface area (Å²) in [6, 6.07) is 7.32. The van der Waals surface area contributed by atoms with Crippen molar-refractivity contribution in [1.29, 1.82) is 0 Å². The van der Waals surface area contributed by atoms with Gasteiger partial charge in [-0.15, -0.1) is 0 Å². The van der Waals surface area contributed by atoms with Crippen molar-refractivity contribution in [3.8, 4) is 0 Å². The van der Waals surface area contributed by atoms with Gasteiger partial charge < -0.3 is 5.32 Å². The molecule has 31 heavy (non-hydrogen) atoms. The lowest BCUT2D eigenvalue weighted by Gasteiger charge is -2.27. The first-order valence-electron chi connectivity index (χ1n) is 9.68. The number of aromatic nitrogens is 3. The highest BCUT2D eigenvalue weighted by Crippen LogP contribution is 2.39. The molecule has 3 rings (SSSR count). The molecule has 9 heteroatoms. The molecule has 1 atom stereocenters. The first kappa shape index (κ1) is 22.5. The average molecular weight is 431 g/mol. The van der Waals surface area contributed by atoms with Gasteiger partial charge in [-0.2, -0.15) is 18.3 Å². The minimum Gasteiger partial charge on any atom is -0.345 e. The number of rotatable bonds is 5. The van der Waals surface area contributed by atoms with E-state index >= 15 is 0 Å². The van der Waals surface area contributed by atoms with E-state index in [2.05, 4.69) is 20.4 Å². The van der Waals surface area contributed by atoms with E-state index in [-0.39, 0.29) is 17.6 Å². The Labute approximate surface area is 178 Å². The summed E-state index contributed by atoms with van der Waals surface area (Å²) in [5, 5.41) is 7.72. The number of benzene rings is 1. The Morgan fingerprint density at radius 2 is 1.94 bits per heavy atom. The molecule has 2 heterocycles. The van der Waals surface area contributed by atoms with Crippen LogP contribution in [0.1, 0.15) is 54.1 Å². The number of carbonyl (C=O) groups is 1. The summed E-state index contributed by atoms with van der Waals surface area (Å²) in [4.78, 5) is 21.0. The van der Waals surface area contributed by atoms with Crippen LogP contribution in [0.25, 0.3) is 10.9 Å². The predicted octanol–water partition coefficient (Wildman–Crippen LogP) is 4.35. The van der Waals surface area contributed by atoms with Crippen LogP contribution in [0.5, 0.6) is 0 Å². The van der Waals surface area contributed by atoms with Gasteiger partial charge in [0, 0.05) is 36.8 Å². The summed E-state index contributed by atoms with van der Waals surface area (Å²) in [6.07, 6.45) is -1.07. The first-order chi connectivity index (χ1) is 14.5. The van der Waals surface area contributed by atoms with Gasteiger partial charge in [0.25, 0.3) is 5.91 Å². The summed E-state index contributed by atoms with van der Waals surface area (Å²) < 4.78 is 41.6. The summed E-state index contributed by atoms with van der Waals surface area (Å²) >= 11 is 0. The Bertz CT molecular complexity index is 1150. The Hall–Kier alpha value is -3.23. The molecular formula is C22H24F3N5O. The van der Waals surface area contributed by atoms with Gasteiger partial charge in [-0.1, -0.05) is 6.07 Å². The zero-order valence-corrected chi connectivity index (χ0v) is 17.9. The zero-order valence-electron chi connectivity index (χ0n) is 17.9. The Morgan fingerprint density at radius 1 is 1.23 bits per heavy atom. The molecule has 0 spiro atoms. The number of pyridine rings is 1. The number of amides is 1. The fourth-order valence-electron chi connectivity index (χ4n) is 3.20. The maximum atomic E-state index is 13.3. The topological polar surface area (TPSA) is 72.2 Å². The number of carbonyl (C=O) groups excluding carboxylic acids is 1. The molecule has 164 valence electrons. The highest BCUT2D eigenvalue weighted by atomic mass is 19.4. The molecule has 0 saturated carbocycles. The molecule has 6 nitrogen and oxygen atoms in total. The fourth-order valence-corrected chi connectivity index (χ4v) is 3.20. The van der Waals surface area contributed by atoms with Crippen LogP contribution < -0.4 is 5.32 Å². The van der Waals surface area contributed by atoms with Gasteiger partial charge in [-0.3, -0.25) is 19.5 Å². The van der Waals surface area contributed by atoms with Crippen LogP contribution in [0.2, 0.25) is 0 Å². The summed E-state index contributed by atoms with van der Waals surface area (Å²) in [6.45, 7) is 4.04. The molecule has 0 radical (unpaired) electrons. The third-order valence-electron chi connectivity index (χ3n) is 5.38. The van der Waals surface area contributed by atoms with Crippen LogP contribution in [-0.4, -0.2) is 40.1 Å². The molecule has 0 unspecified atom stereocenters. The molecule has 0 saturated heterocycles. The standard InChI is InChI=1S/C22H24F3N5O/c1-13(16-11-27-30(5)18(16)12-26-4)28-20(31)15-6-8-17-14(10-15)7-9-19(29-17)21(2,3)22(23,24)25/h6-13H,1-5H3,(H,28,31)/t13-/m1/s1. The number of halogens is 3. The molecule has 0 aliphatic heterocycles. The van der Waals surface area contributed by atoms with Crippen molar-refractivity contribution in [3.63, 3.8) is 0 Å². The maximum absolute atomic E-state index is 13.3. The number of alkyl halides is 3. The summed E-state index contributed by atoms with van der Waals surface area (Å²) in [7, 11) is 3.45. The molecule has 1 N–H and O–H groups in total. The van der Waals surface area contributed by atoms with E-state index in [1.807, 2.05) is 6.92 Å². The molecule has 1 aromatic carbocycles. The molecule has 0 aliphatic carbocycles. The second-order valence-corrected chi connectivity index (χ2v) is 7.92. The second-order valence-electron chi connectivity index (χ2n) is 7.92. The number of hydrogen-bond donors (Lipinski definition) is 1. The number of aryl methyl sites for hydroxylation is 1. The molecule has 1 amide bonds. The van der Waals surface area contributed by atoms with Crippen LogP contribution in [0, 0.1) is 0 Å². The average Bonchev–Trinajstić information content (AvgIpc) is 3.07. The van der Waals surface area contributed by atoms with E-state index in [0.29, 0.717) is 16.5 Å². The van der Waals surface area contributed by atoms with Crippen LogP contribution in [-0.2, 0) is 12.5 Å². The number of fused-ring (bicyclic) bond motifs is 1. The normalized spacial score (nSPS) is 13.7. The quantitative estimate of drug-likeness (QED) is 0.611. The van der Waals surface area contributed by atoms with E-state index in [4.69, 9.17) is 0 Å². The van der Waals surface area contributed by atoms with Crippen molar-refractivity contribution in [2.24, 2.45) is 12.0 Å². The van der Waals surface area contributed by atoms with Gasteiger partial charge in [0.2, 0.25) is 0 Å². The van der Waals surface area contributed by atoms with Crippen LogP contribution >= 0.6 is 0 Å². The van der Waals surface area contributed by atoms with Crippen LogP contribution in [0.4, 0.5) is 13.2 Å². The van der Waals surface area contributed by atoms with Crippen molar-refractivity contribution in [3.05, 3.63) is 59.0 Å². The van der Waals surface area contributed by atoms with E-state index in [0.717, 1.165) is 25.1 Å². The van der Waals surface area contributed by atoms with Crippen molar-refractivity contribution < 1.29 is 18.0 Å². The Balaban J connectivity index is 1.85. The second kappa shape index (κ2) is 8.13. The van der Waals surface area contributed by atoms with E-state index in [9.17, 15) is 18.0 Å². The maximum Gasteiger partial charge on any atom is 0.399 e. The molecule has 3 aromatic rings. The largest absolute Gasteiger partial charge is 0.399 e. The van der Waals surface area contributed by atoms with Gasteiger partial charge in [-0.25, -0.2) is 0 Å². The van der Waals surface area contributed by atoms with Gasteiger partial charge >= 0.3 is 6.18 Å². The molecule has 2 aromatic heterocycles. The van der Waals surface area contributed by atoms with Gasteiger partial charge in [0.05, 0.1) is 29.1 Å². The minimum absolute atomic E-state index is 0.0694. The van der Waals surface area contributed by atoms with Crippen molar-refractivity contribution >= 4 is 23.0 Å². The van der Waals surface area contributed by atoms with E-state index in [1.165, 1.54) is 6.07 Å². The molecule has 0 fully saturated rings. The summed E-state index contributed by atoms with van der Waals surface area (Å²) in [5.41, 5.74) is 0.253. The highest BCUT2D eigenvalue weighted by molar-refractivity contribution is 5.98. The fraction of sp³-hybridized carbons (Fsp3) is 0.364. The minimum atomic E-state index is -4.42. The van der Waals surface area contributed by atoms with Crippen molar-refractivity contribution in [2.75, 3.05) is 7.05 Å². The van der Waals surface area contributed by atoms with E-state index in [1.54, 1.807) is 55.5 Å². The first-order valence-corrected chi connectivity index (χ1v) is 9.68. The molecule has 0 aliphatic rings. The van der Waals surface area contributed by atoms with Gasteiger partial charge in [0.15, 0.2) is 0 Å². The molecular weight excluding hydrogens is 407 g/mol. The zero-order chi connectivity index (χ0) is 23.0. The van der Waals surface area contributed by atoms with Crippen LogP contribution in [0.15, 0.2) is 41.5 Å². The number of hydrogen-bond acceptors (Lipinski definition) is 4. The van der Waals surface area contributed by atoms with E-state index < -0.39 is 11.6 Å². The number of aliphatic imine (C=N–C) groups is 1.